The molecule has 0 aliphatic carbocycles. The van der Waals surface area contributed by atoms with Crippen molar-refractivity contribution in [3.8, 4) is 0 Å². The summed E-state index contributed by atoms with van der Waals surface area (Å²) in [4.78, 5) is 18.7. The first kappa shape index (κ1) is 14.3. The summed E-state index contributed by atoms with van der Waals surface area (Å²) in [6, 6.07) is 8.04. The fraction of sp³-hybridized carbons (Fsp3) is 0.500. The smallest absolute Gasteiger partial charge is 0.182 e. The second-order valence-electron chi connectivity index (χ2n) is 6.45. The highest BCUT2D eigenvalue weighted by atomic mass is 16.1. The van der Waals surface area contributed by atoms with Crippen LogP contribution < -0.4 is 0 Å². The van der Waals surface area contributed by atoms with E-state index < -0.39 is 0 Å². The van der Waals surface area contributed by atoms with Gasteiger partial charge in [-0.1, -0.05) is 25.1 Å². The molecule has 112 valence electrons. The number of benzene rings is 1. The van der Waals surface area contributed by atoms with Crippen molar-refractivity contribution in [1.29, 1.82) is 0 Å². The standard InChI is InChI=1S/C18H24N2O/c1-12-7-6-10-20(11-12)14(3)18(21)17-13(2)19-16-9-5-4-8-15(16)17/h4-5,8-9,12,14,19H,6-7,10-11H2,1-3H3/t12-,14+/m1/s1. The maximum absolute atomic E-state index is 13.0. The molecule has 0 bridgehead atoms. The van der Waals surface area contributed by atoms with E-state index in [-0.39, 0.29) is 11.8 Å². The number of Topliss-reactive ketones (excluding diaryl/α,β-unsaturated/α-hetero) is 1. The number of H-pyrrole nitrogens is 1. The van der Waals surface area contributed by atoms with E-state index in [1.165, 1.54) is 12.8 Å². The number of aromatic nitrogens is 1. The van der Waals surface area contributed by atoms with E-state index in [4.69, 9.17) is 0 Å². The Hall–Kier alpha value is -1.61. The molecule has 0 spiro atoms. The van der Waals surface area contributed by atoms with Crippen molar-refractivity contribution in [1.82, 2.24) is 9.88 Å². The average molecular weight is 284 g/mol. The predicted molar refractivity (Wildman–Crippen MR) is 86.8 cm³/mol. The number of piperidine rings is 1. The summed E-state index contributed by atoms with van der Waals surface area (Å²) in [6.45, 7) is 8.41. The largest absolute Gasteiger partial charge is 0.358 e. The van der Waals surface area contributed by atoms with Crippen LogP contribution in [0, 0.1) is 12.8 Å². The lowest BCUT2D eigenvalue weighted by atomic mass is 9.95. The molecule has 1 saturated heterocycles. The summed E-state index contributed by atoms with van der Waals surface area (Å²) in [5, 5.41) is 1.05. The number of aromatic amines is 1. The van der Waals surface area contributed by atoms with Gasteiger partial charge in [-0.2, -0.15) is 0 Å². The van der Waals surface area contributed by atoms with Crippen molar-refractivity contribution < 1.29 is 4.79 Å². The van der Waals surface area contributed by atoms with E-state index in [0.29, 0.717) is 5.92 Å². The molecule has 3 nitrogen and oxygen atoms in total. The first-order valence-electron chi connectivity index (χ1n) is 7.93. The second kappa shape index (κ2) is 5.64. The third-order valence-corrected chi connectivity index (χ3v) is 4.76. The molecule has 1 aliphatic rings. The van der Waals surface area contributed by atoms with Gasteiger partial charge >= 0.3 is 0 Å². The van der Waals surface area contributed by atoms with Crippen LogP contribution in [0.25, 0.3) is 10.9 Å². The lowest BCUT2D eigenvalue weighted by Crippen LogP contribution is -2.44. The maximum Gasteiger partial charge on any atom is 0.182 e. The molecule has 2 atom stereocenters. The van der Waals surface area contributed by atoms with Gasteiger partial charge in [-0.15, -0.1) is 0 Å². The Morgan fingerprint density at radius 2 is 2.14 bits per heavy atom. The van der Waals surface area contributed by atoms with E-state index >= 15 is 0 Å². The van der Waals surface area contributed by atoms with Crippen LogP contribution in [0.3, 0.4) is 0 Å². The zero-order valence-corrected chi connectivity index (χ0v) is 13.1. The van der Waals surface area contributed by atoms with Crippen molar-refractivity contribution in [3.05, 3.63) is 35.5 Å². The Bertz CT molecular complexity index is 658. The second-order valence-corrected chi connectivity index (χ2v) is 6.45. The van der Waals surface area contributed by atoms with Gasteiger partial charge in [-0.25, -0.2) is 0 Å². The van der Waals surface area contributed by atoms with Gasteiger partial charge in [0.05, 0.1) is 6.04 Å². The summed E-state index contributed by atoms with van der Waals surface area (Å²) in [7, 11) is 0. The molecule has 0 radical (unpaired) electrons. The van der Waals surface area contributed by atoms with Crippen LogP contribution in [0.5, 0.6) is 0 Å². The Labute approximate surface area is 126 Å². The number of hydrogen-bond donors (Lipinski definition) is 1. The van der Waals surface area contributed by atoms with E-state index in [9.17, 15) is 4.79 Å². The quantitative estimate of drug-likeness (QED) is 0.871. The predicted octanol–water partition coefficient (Wildman–Crippen LogP) is 3.78. The van der Waals surface area contributed by atoms with Gasteiger partial charge in [-0.05, 0) is 45.2 Å². The van der Waals surface area contributed by atoms with E-state index in [0.717, 1.165) is 35.2 Å². The lowest BCUT2D eigenvalue weighted by Gasteiger charge is -2.34. The molecule has 3 heteroatoms. The minimum absolute atomic E-state index is 0.0364. The van der Waals surface area contributed by atoms with Crippen molar-refractivity contribution in [2.24, 2.45) is 5.92 Å². The first-order valence-corrected chi connectivity index (χ1v) is 7.93. The number of aryl methyl sites for hydroxylation is 1. The Balaban J connectivity index is 1.91. The molecule has 1 aromatic carbocycles. The lowest BCUT2D eigenvalue weighted by molar-refractivity contribution is 0.0766. The number of likely N-dealkylation sites (tertiary alicyclic amines) is 1. The number of hydrogen-bond acceptors (Lipinski definition) is 2. The van der Waals surface area contributed by atoms with Crippen molar-refractivity contribution in [2.45, 2.75) is 39.7 Å². The molecule has 2 aromatic rings. The van der Waals surface area contributed by atoms with Gasteiger partial charge in [0.15, 0.2) is 5.78 Å². The summed E-state index contributed by atoms with van der Waals surface area (Å²) in [5.41, 5.74) is 2.91. The fourth-order valence-electron chi connectivity index (χ4n) is 3.55. The number of carbonyl (C=O) groups excluding carboxylic acids is 1. The summed E-state index contributed by atoms with van der Waals surface area (Å²) < 4.78 is 0. The topological polar surface area (TPSA) is 36.1 Å². The molecule has 1 aliphatic heterocycles. The fourth-order valence-corrected chi connectivity index (χ4v) is 3.55. The Morgan fingerprint density at radius 1 is 1.38 bits per heavy atom. The van der Waals surface area contributed by atoms with Crippen molar-refractivity contribution >= 4 is 16.7 Å². The van der Waals surface area contributed by atoms with Crippen LogP contribution in [0.2, 0.25) is 0 Å². The van der Waals surface area contributed by atoms with Crippen LogP contribution in [-0.2, 0) is 0 Å². The molecular formula is C18H24N2O. The zero-order valence-electron chi connectivity index (χ0n) is 13.1. The molecule has 1 aromatic heterocycles. The van der Waals surface area contributed by atoms with Gasteiger partial charge in [0.25, 0.3) is 0 Å². The zero-order chi connectivity index (χ0) is 15.0. The van der Waals surface area contributed by atoms with Crippen LogP contribution in [-0.4, -0.2) is 34.8 Å². The number of fused-ring (bicyclic) bond motifs is 1. The van der Waals surface area contributed by atoms with Gasteiger partial charge in [-0.3, -0.25) is 9.69 Å². The molecule has 0 amide bonds. The van der Waals surface area contributed by atoms with E-state index in [1.54, 1.807) is 0 Å². The normalized spacial score (nSPS) is 21.6. The number of nitrogens with one attached hydrogen (secondary N) is 1. The van der Waals surface area contributed by atoms with Crippen LogP contribution in [0.1, 0.15) is 42.7 Å². The monoisotopic (exact) mass is 284 g/mol. The number of ketones is 1. The van der Waals surface area contributed by atoms with Crippen LogP contribution in [0.15, 0.2) is 24.3 Å². The molecule has 1 fully saturated rings. The summed E-state index contributed by atoms with van der Waals surface area (Å²) in [5.74, 6) is 0.942. The highest BCUT2D eigenvalue weighted by Crippen LogP contribution is 2.26. The Kier molecular flexibility index (Phi) is 3.85. The van der Waals surface area contributed by atoms with E-state index in [2.05, 4.69) is 23.7 Å². The minimum atomic E-state index is -0.0364. The average Bonchev–Trinajstić information content (AvgIpc) is 2.81. The van der Waals surface area contributed by atoms with Gasteiger partial charge in [0.2, 0.25) is 0 Å². The van der Waals surface area contributed by atoms with Crippen LogP contribution in [0.4, 0.5) is 0 Å². The minimum Gasteiger partial charge on any atom is -0.358 e. The number of nitrogens with zero attached hydrogens (tertiary/aromatic N) is 1. The van der Waals surface area contributed by atoms with Gasteiger partial charge < -0.3 is 4.98 Å². The molecule has 3 rings (SSSR count). The van der Waals surface area contributed by atoms with Crippen LogP contribution >= 0.6 is 0 Å². The SMILES string of the molecule is Cc1[nH]c2ccccc2c1C(=O)[C@H](C)N1CCC[C@@H](C)C1. The molecule has 0 saturated carbocycles. The Morgan fingerprint density at radius 3 is 2.90 bits per heavy atom. The van der Waals surface area contributed by atoms with Crippen molar-refractivity contribution in [3.63, 3.8) is 0 Å². The van der Waals surface area contributed by atoms with Gasteiger partial charge in [0.1, 0.15) is 0 Å². The van der Waals surface area contributed by atoms with E-state index in [1.807, 2.05) is 31.2 Å². The first-order chi connectivity index (χ1) is 10.1. The summed E-state index contributed by atoms with van der Waals surface area (Å²) in [6.07, 6.45) is 2.48. The van der Waals surface area contributed by atoms with Gasteiger partial charge in [0, 0.05) is 28.7 Å². The number of para-hydroxylation sites is 1. The third kappa shape index (κ3) is 2.62. The summed E-state index contributed by atoms with van der Waals surface area (Å²) >= 11 is 0. The maximum atomic E-state index is 13.0. The number of rotatable bonds is 3. The highest BCUT2D eigenvalue weighted by molar-refractivity contribution is 6.11. The molecular weight excluding hydrogens is 260 g/mol. The third-order valence-electron chi connectivity index (χ3n) is 4.76. The highest BCUT2D eigenvalue weighted by Gasteiger charge is 2.28. The molecule has 1 N–H and O–H groups in total. The van der Waals surface area contributed by atoms with Crippen molar-refractivity contribution in [2.75, 3.05) is 13.1 Å². The molecule has 21 heavy (non-hydrogen) atoms. The molecule has 0 unspecified atom stereocenters. The number of carbonyl (C=O) groups is 1. The molecule has 2 heterocycles.